The molecular weight excluding hydrogens is 302 g/mol. The second-order valence-electron chi connectivity index (χ2n) is 5.12. The molecular formula is C20H17NO3. The zero-order chi connectivity index (χ0) is 16.8. The van der Waals surface area contributed by atoms with Crippen LogP contribution in [-0.4, -0.2) is 13.0 Å². The molecule has 0 aromatic heterocycles. The molecule has 24 heavy (non-hydrogen) atoms. The third kappa shape index (κ3) is 3.93. The fourth-order valence-electron chi connectivity index (χ4n) is 2.18. The molecule has 0 aliphatic carbocycles. The number of carbonyl (C=O) groups excluding carboxylic acids is 1. The van der Waals surface area contributed by atoms with Gasteiger partial charge in [0.2, 0.25) is 0 Å². The number of rotatable bonds is 5. The van der Waals surface area contributed by atoms with Crippen molar-refractivity contribution in [3.8, 4) is 17.2 Å². The van der Waals surface area contributed by atoms with Gasteiger partial charge in [-0.25, -0.2) is 0 Å². The molecule has 0 aliphatic heterocycles. The van der Waals surface area contributed by atoms with Gasteiger partial charge in [-0.3, -0.25) is 4.79 Å². The highest BCUT2D eigenvalue weighted by atomic mass is 16.5. The monoisotopic (exact) mass is 319 g/mol. The summed E-state index contributed by atoms with van der Waals surface area (Å²) in [5.74, 6) is 2.03. The molecule has 0 heterocycles. The highest BCUT2D eigenvalue weighted by Gasteiger charge is 2.06. The molecule has 3 rings (SSSR count). The van der Waals surface area contributed by atoms with Crippen LogP contribution in [-0.2, 0) is 0 Å². The predicted molar refractivity (Wildman–Crippen MR) is 93.9 cm³/mol. The highest BCUT2D eigenvalue weighted by Crippen LogP contribution is 2.23. The third-order valence-electron chi connectivity index (χ3n) is 3.44. The van der Waals surface area contributed by atoms with Gasteiger partial charge in [-0.1, -0.05) is 18.2 Å². The molecule has 0 aliphatic rings. The number of hydrogen-bond donors (Lipinski definition) is 1. The number of anilines is 1. The van der Waals surface area contributed by atoms with Crippen molar-refractivity contribution in [3.63, 3.8) is 0 Å². The van der Waals surface area contributed by atoms with Gasteiger partial charge >= 0.3 is 0 Å². The van der Waals surface area contributed by atoms with Gasteiger partial charge in [-0.05, 0) is 60.7 Å². The van der Waals surface area contributed by atoms with Crippen LogP contribution in [0.15, 0.2) is 78.9 Å². The van der Waals surface area contributed by atoms with Gasteiger partial charge < -0.3 is 14.8 Å². The Balaban J connectivity index is 1.64. The smallest absolute Gasteiger partial charge is 0.255 e. The van der Waals surface area contributed by atoms with Gasteiger partial charge in [-0.15, -0.1) is 0 Å². The molecule has 0 bridgehead atoms. The molecule has 4 nitrogen and oxygen atoms in total. The second kappa shape index (κ2) is 7.33. The van der Waals surface area contributed by atoms with Crippen molar-refractivity contribution in [1.29, 1.82) is 0 Å². The second-order valence-corrected chi connectivity index (χ2v) is 5.12. The number of ether oxygens (including phenoxy) is 2. The van der Waals surface area contributed by atoms with E-state index >= 15 is 0 Å². The maximum absolute atomic E-state index is 12.2. The molecule has 0 saturated heterocycles. The summed E-state index contributed by atoms with van der Waals surface area (Å²) in [5, 5.41) is 2.85. The van der Waals surface area contributed by atoms with Crippen LogP contribution < -0.4 is 14.8 Å². The first-order chi connectivity index (χ1) is 11.7. The Kier molecular flexibility index (Phi) is 4.77. The van der Waals surface area contributed by atoms with E-state index in [1.165, 1.54) is 0 Å². The fourth-order valence-corrected chi connectivity index (χ4v) is 2.18. The summed E-state index contributed by atoms with van der Waals surface area (Å²) < 4.78 is 10.8. The Morgan fingerprint density at radius 1 is 0.750 bits per heavy atom. The lowest BCUT2D eigenvalue weighted by molar-refractivity contribution is 0.102. The van der Waals surface area contributed by atoms with Gasteiger partial charge in [0, 0.05) is 11.3 Å². The van der Waals surface area contributed by atoms with Gasteiger partial charge in [0.05, 0.1) is 7.11 Å². The Hall–Kier alpha value is -3.27. The van der Waals surface area contributed by atoms with Gasteiger partial charge in [0.25, 0.3) is 5.91 Å². The van der Waals surface area contributed by atoms with E-state index in [2.05, 4.69) is 5.32 Å². The number of methoxy groups -OCH3 is 1. The van der Waals surface area contributed by atoms with E-state index in [4.69, 9.17) is 9.47 Å². The first-order valence-electron chi connectivity index (χ1n) is 7.53. The fraction of sp³-hybridized carbons (Fsp3) is 0.0500. The summed E-state index contributed by atoms with van der Waals surface area (Å²) in [6.45, 7) is 0. The maximum Gasteiger partial charge on any atom is 0.255 e. The quantitative estimate of drug-likeness (QED) is 0.739. The van der Waals surface area contributed by atoms with Crippen LogP contribution in [0.4, 0.5) is 5.69 Å². The lowest BCUT2D eigenvalue weighted by atomic mass is 10.2. The molecule has 3 aromatic carbocycles. The Morgan fingerprint density at radius 3 is 1.96 bits per heavy atom. The minimum Gasteiger partial charge on any atom is -0.497 e. The van der Waals surface area contributed by atoms with E-state index in [-0.39, 0.29) is 5.91 Å². The number of nitrogens with one attached hydrogen (secondary N) is 1. The summed E-state index contributed by atoms with van der Waals surface area (Å²) >= 11 is 0. The van der Waals surface area contributed by atoms with E-state index < -0.39 is 0 Å². The number of hydrogen-bond acceptors (Lipinski definition) is 3. The molecule has 3 aromatic rings. The molecule has 1 N–H and O–H groups in total. The van der Waals surface area contributed by atoms with Crippen molar-refractivity contribution < 1.29 is 14.3 Å². The van der Waals surface area contributed by atoms with E-state index in [1.807, 2.05) is 42.5 Å². The van der Waals surface area contributed by atoms with Crippen LogP contribution in [0, 0.1) is 0 Å². The molecule has 0 atom stereocenters. The summed E-state index contributed by atoms with van der Waals surface area (Å²) in [7, 11) is 1.59. The maximum atomic E-state index is 12.2. The van der Waals surface area contributed by atoms with Gasteiger partial charge in [0.1, 0.15) is 17.2 Å². The molecule has 1 amide bonds. The Morgan fingerprint density at radius 2 is 1.33 bits per heavy atom. The van der Waals surface area contributed by atoms with Crippen molar-refractivity contribution >= 4 is 11.6 Å². The summed E-state index contributed by atoms with van der Waals surface area (Å²) in [5.41, 5.74) is 1.27. The van der Waals surface area contributed by atoms with Crippen molar-refractivity contribution in [2.75, 3.05) is 12.4 Å². The largest absolute Gasteiger partial charge is 0.497 e. The first kappa shape index (κ1) is 15.6. The average molecular weight is 319 g/mol. The van der Waals surface area contributed by atoms with E-state index in [0.29, 0.717) is 22.7 Å². The van der Waals surface area contributed by atoms with Crippen LogP contribution in [0.5, 0.6) is 17.2 Å². The first-order valence-corrected chi connectivity index (χ1v) is 7.53. The third-order valence-corrected chi connectivity index (χ3v) is 3.44. The molecule has 0 radical (unpaired) electrons. The molecule has 120 valence electrons. The SMILES string of the molecule is COc1ccc(C(=O)Nc2ccc(Oc3ccccc3)cc2)cc1. The molecule has 0 saturated carbocycles. The van der Waals surface area contributed by atoms with E-state index in [1.54, 1.807) is 43.5 Å². The molecule has 0 unspecified atom stereocenters. The Bertz CT molecular complexity index is 797. The number of carbonyl (C=O) groups is 1. The minimum absolute atomic E-state index is 0.172. The van der Waals surface area contributed by atoms with E-state index in [9.17, 15) is 4.79 Å². The highest BCUT2D eigenvalue weighted by molar-refractivity contribution is 6.04. The van der Waals surface area contributed by atoms with Crippen LogP contribution in [0.2, 0.25) is 0 Å². The normalized spacial score (nSPS) is 10.0. The molecule has 0 fully saturated rings. The molecule has 0 spiro atoms. The average Bonchev–Trinajstić information content (AvgIpc) is 2.64. The summed E-state index contributed by atoms with van der Waals surface area (Å²) in [6, 6.07) is 23.7. The predicted octanol–water partition coefficient (Wildman–Crippen LogP) is 4.74. The van der Waals surface area contributed by atoms with Crippen molar-refractivity contribution in [2.45, 2.75) is 0 Å². The number of para-hydroxylation sites is 1. The van der Waals surface area contributed by atoms with Crippen LogP contribution in [0.25, 0.3) is 0 Å². The lowest BCUT2D eigenvalue weighted by Crippen LogP contribution is -2.11. The summed E-state index contributed by atoms with van der Waals surface area (Å²) in [4.78, 5) is 12.2. The van der Waals surface area contributed by atoms with Crippen LogP contribution >= 0.6 is 0 Å². The lowest BCUT2D eigenvalue weighted by Gasteiger charge is -2.08. The van der Waals surface area contributed by atoms with Crippen molar-refractivity contribution in [2.24, 2.45) is 0 Å². The number of amides is 1. The van der Waals surface area contributed by atoms with Crippen molar-refractivity contribution in [3.05, 3.63) is 84.4 Å². The topological polar surface area (TPSA) is 47.6 Å². The zero-order valence-corrected chi connectivity index (χ0v) is 13.2. The van der Waals surface area contributed by atoms with Crippen LogP contribution in [0.3, 0.4) is 0 Å². The number of benzene rings is 3. The zero-order valence-electron chi connectivity index (χ0n) is 13.2. The minimum atomic E-state index is -0.172. The molecule has 4 heteroatoms. The summed E-state index contributed by atoms with van der Waals surface area (Å²) in [6.07, 6.45) is 0. The van der Waals surface area contributed by atoms with Crippen LogP contribution in [0.1, 0.15) is 10.4 Å². The van der Waals surface area contributed by atoms with Crippen molar-refractivity contribution in [1.82, 2.24) is 0 Å². The Labute approximate surface area is 140 Å². The standard InChI is InChI=1S/C20H17NO3/c1-23-17-11-7-15(8-12-17)20(22)21-16-9-13-19(14-10-16)24-18-5-3-2-4-6-18/h2-14H,1H3,(H,21,22). The van der Waals surface area contributed by atoms with Gasteiger partial charge in [0.15, 0.2) is 0 Å². The van der Waals surface area contributed by atoms with Gasteiger partial charge in [-0.2, -0.15) is 0 Å². The van der Waals surface area contributed by atoms with E-state index in [0.717, 1.165) is 5.75 Å².